The molecule has 20 heavy (non-hydrogen) atoms. The number of hydrogen-bond donors (Lipinski definition) is 1. The fraction of sp³-hybridized carbons (Fsp3) is 0.533. The molecule has 1 aliphatic rings. The van der Waals surface area contributed by atoms with Crippen LogP contribution in [0.2, 0.25) is 5.02 Å². The summed E-state index contributed by atoms with van der Waals surface area (Å²) in [6.07, 6.45) is 2.45. The molecule has 1 saturated heterocycles. The van der Waals surface area contributed by atoms with E-state index in [0.29, 0.717) is 5.02 Å². The highest BCUT2D eigenvalue weighted by Crippen LogP contribution is 2.15. The Hall–Kier alpha value is -1.26. The number of carbonyl (C=O) groups is 1. The highest BCUT2D eigenvalue weighted by Gasteiger charge is 2.20. The van der Waals surface area contributed by atoms with Crippen LogP contribution in [0.4, 0.5) is 10.5 Å². The van der Waals surface area contributed by atoms with Gasteiger partial charge in [0, 0.05) is 36.9 Å². The van der Waals surface area contributed by atoms with Crippen molar-refractivity contribution in [2.75, 3.05) is 38.0 Å². The zero-order chi connectivity index (χ0) is 14.4. The van der Waals surface area contributed by atoms with Gasteiger partial charge in [0.05, 0.1) is 0 Å². The molecular weight excluding hydrogens is 274 g/mol. The van der Waals surface area contributed by atoms with Gasteiger partial charge in [0.1, 0.15) is 0 Å². The Morgan fingerprint density at radius 2 is 2.05 bits per heavy atom. The van der Waals surface area contributed by atoms with Gasteiger partial charge in [0.15, 0.2) is 0 Å². The first-order valence-corrected chi connectivity index (χ1v) is 7.60. The van der Waals surface area contributed by atoms with E-state index in [2.05, 4.69) is 17.1 Å². The number of carbonyl (C=O) groups excluding carboxylic acids is 1. The Kier molecular flexibility index (Phi) is 5.68. The molecule has 1 aromatic carbocycles. The molecule has 0 atom stereocenters. The van der Waals surface area contributed by atoms with Crippen molar-refractivity contribution in [1.29, 1.82) is 0 Å². The number of nitrogens with zero attached hydrogens (tertiary/aromatic N) is 2. The van der Waals surface area contributed by atoms with Crippen LogP contribution in [0.3, 0.4) is 0 Å². The van der Waals surface area contributed by atoms with Crippen molar-refractivity contribution in [1.82, 2.24) is 9.80 Å². The molecule has 2 rings (SSSR count). The van der Waals surface area contributed by atoms with Crippen LogP contribution in [0.5, 0.6) is 0 Å². The lowest BCUT2D eigenvalue weighted by molar-refractivity contribution is 0.146. The first-order valence-electron chi connectivity index (χ1n) is 7.23. The van der Waals surface area contributed by atoms with Gasteiger partial charge < -0.3 is 10.2 Å². The average Bonchev–Trinajstić information content (AvgIpc) is 2.45. The number of amides is 2. The Morgan fingerprint density at radius 1 is 1.30 bits per heavy atom. The number of rotatable bonds is 4. The topological polar surface area (TPSA) is 35.6 Å². The molecule has 1 heterocycles. The molecule has 0 unspecified atom stereocenters. The van der Waals surface area contributed by atoms with E-state index >= 15 is 0 Å². The van der Waals surface area contributed by atoms with Crippen molar-refractivity contribution in [2.24, 2.45) is 0 Å². The van der Waals surface area contributed by atoms with Crippen LogP contribution in [-0.4, -0.2) is 48.6 Å². The Balaban J connectivity index is 1.80. The number of halogens is 1. The van der Waals surface area contributed by atoms with Crippen molar-refractivity contribution >= 4 is 23.3 Å². The van der Waals surface area contributed by atoms with Gasteiger partial charge in [-0.3, -0.25) is 4.90 Å². The van der Waals surface area contributed by atoms with Crippen molar-refractivity contribution in [3.63, 3.8) is 0 Å². The number of urea groups is 1. The number of nitrogens with one attached hydrogen (secondary N) is 1. The molecule has 0 aliphatic carbocycles. The zero-order valence-electron chi connectivity index (χ0n) is 11.9. The quantitative estimate of drug-likeness (QED) is 0.925. The first kappa shape index (κ1) is 15.1. The van der Waals surface area contributed by atoms with Crippen LogP contribution in [0.25, 0.3) is 0 Å². The fourth-order valence-electron chi connectivity index (χ4n) is 2.33. The molecule has 1 aliphatic heterocycles. The summed E-state index contributed by atoms with van der Waals surface area (Å²) in [5.74, 6) is 0. The van der Waals surface area contributed by atoms with E-state index in [0.717, 1.165) is 38.4 Å². The lowest BCUT2D eigenvalue weighted by atomic mass is 10.2. The average molecular weight is 296 g/mol. The molecule has 0 aromatic heterocycles. The van der Waals surface area contributed by atoms with Crippen LogP contribution < -0.4 is 5.32 Å². The van der Waals surface area contributed by atoms with Gasteiger partial charge in [-0.1, -0.05) is 31.0 Å². The number of hydrogen-bond acceptors (Lipinski definition) is 2. The second-order valence-corrected chi connectivity index (χ2v) is 5.56. The summed E-state index contributed by atoms with van der Waals surface area (Å²) >= 11 is 5.91. The predicted molar refractivity (Wildman–Crippen MR) is 83.4 cm³/mol. The maximum atomic E-state index is 12.2. The summed E-state index contributed by atoms with van der Waals surface area (Å²) in [5, 5.41) is 3.53. The molecule has 5 heteroatoms. The lowest BCUT2D eigenvalue weighted by Crippen LogP contribution is -2.50. The zero-order valence-corrected chi connectivity index (χ0v) is 12.7. The maximum absolute atomic E-state index is 12.2. The largest absolute Gasteiger partial charge is 0.322 e. The molecule has 1 aromatic rings. The van der Waals surface area contributed by atoms with Crippen molar-refractivity contribution in [3.05, 3.63) is 29.3 Å². The monoisotopic (exact) mass is 295 g/mol. The first-order chi connectivity index (χ1) is 9.69. The Morgan fingerprint density at radius 3 is 2.70 bits per heavy atom. The number of anilines is 1. The number of benzene rings is 1. The summed E-state index contributed by atoms with van der Waals surface area (Å²) in [7, 11) is 0. The summed E-state index contributed by atoms with van der Waals surface area (Å²) in [4.78, 5) is 16.4. The minimum Gasteiger partial charge on any atom is -0.322 e. The van der Waals surface area contributed by atoms with Crippen LogP contribution in [-0.2, 0) is 0 Å². The molecule has 0 bridgehead atoms. The third-order valence-corrected chi connectivity index (χ3v) is 3.80. The maximum Gasteiger partial charge on any atom is 0.321 e. The molecule has 4 nitrogen and oxygen atoms in total. The number of piperazine rings is 1. The van der Waals surface area contributed by atoms with Gasteiger partial charge in [-0.25, -0.2) is 4.79 Å². The van der Waals surface area contributed by atoms with Crippen LogP contribution >= 0.6 is 11.6 Å². The summed E-state index contributed by atoms with van der Waals surface area (Å²) in [6, 6.07) is 7.20. The molecule has 0 radical (unpaired) electrons. The van der Waals surface area contributed by atoms with Crippen LogP contribution in [0.1, 0.15) is 19.8 Å². The Bertz CT molecular complexity index is 444. The predicted octanol–water partition coefficient (Wildman–Crippen LogP) is 3.29. The van der Waals surface area contributed by atoms with Crippen molar-refractivity contribution in [2.45, 2.75) is 19.8 Å². The van der Waals surface area contributed by atoms with Gasteiger partial charge in [-0.15, -0.1) is 0 Å². The summed E-state index contributed by atoms with van der Waals surface area (Å²) < 4.78 is 0. The summed E-state index contributed by atoms with van der Waals surface area (Å²) in [6.45, 7) is 6.84. The van der Waals surface area contributed by atoms with Crippen molar-refractivity contribution in [3.8, 4) is 0 Å². The summed E-state index contributed by atoms with van der Waals surface area (Å²) in [5.41, 5.74) is 0.746. The normalized spacial score (nSPS) is 16.2. The molecule has 0 saturated carbocycles. The smallest absolute Gasteiger partial charge is 0.321 e. The van der Waals surface area contributed by atoms with E-state index in [4.69, 9.17) is 11.6 Å². The molecule has 1 N–H and O–H groups in total. The van der Waals surface area contributed by atoms with Gasteiger partial charge in [0.25, 0.3) is 0 Å². The number of unbranched alkanes of at least 4 members (excludes halogenated alkanes) is 1. The fourth-order valence-corrected chi connectivity index (χ4v) is 2.52. The molecule has 1 fully saturated rings. The second-order valence-electron chi connectivity index (χ2n) is 5.12. The van der Waals surface area contributed by atoms with E-state index in [-0.39, 0.29) is 6.03 Å². The van der Waals surface area contributed by atoms with Gasteiger partial charge >= 0.3 is 6.03 Å². The van der Waals surface area contributed by atoms with E-state index in [1.54, 1.807) is 12.1 Å². The third-order valence-electron chi connectivity index (χ3n) is 3.56. The molecule has 2 amide bonds. The standard InChI is InChI=1S/C15H22ClN3O/c1-2-3-7-18-8-10-19(11-9-18)15(20)17-14-6-4-5-13(16)12-14/h4-6,12H,2-3,7-11H2,1H3,(H,17,20). The van der Waals surface area contributed by atoms with Gasteiger partial charge in [-0.05, 0) is 31.2 Å². The highest BCUT2D eigenvalue weighted by molar-refractivity contribution is 6.30. The highest BCUT2D eigenvalue weighted by atomic mass is 35.5. The van der Waals surface area contributed by atoms with Gasteiger partial charge in [0.2, 0.25) is 0 Å². The Labute approximate surface area is 125 Å². The molecular formula is C15H22ClN3O. The van der Waals surface area contributed by atoms with Gasteiger partial charge in [-0.2, -0.15) is 0 Å². The molecule has 0 spiro atoms. The lowest BCUT2D eigenvalue weighted by Gasteiger charge is -2.34. The van der Waals surface area contributed by atoms with E-state index in [9.17, 15) is 4.79 Å². The third kappa shape index (κ3) is 4.39. The van der Waals surface area contributed by atoms with E-state index < -0.39 is 0 Å². The van der Waals surface area contributed by atoms with E-state index in [1.165, 1.54) is 12.8 Å². The second kappa shape index (κ2) is 7.50. The SMILES string of the molecule is CCCCN1CCN(C(=O)Nc2cccc(Cl)c2)CC1. The van der Waals surface area contributed by atoms with Crippen LogP contribution in [0.15, 0.2) is 24.3 Å². The minimum atomic E-state index is -0.0394. The minimum absolute atomic E-state index is 0.0394. The molecule has 110 valence electrons. The van der Waals surface area contributed by atoms with Crippen LogP contribution in [0, 0.1) is 0 Å². The van der Waals surface area contributed by atoms with E-state index in [1.807, 2.05) is 17.0 Å². The van der Waals surface area contributed by atoms with Crippen molar-refractivity contribution < 1.29 is 4.79 Å².